The number of rotatable bonds is 6. The largest absolute Gasteiger partial charge is 0.466 e. The van der Waals surface area contributed by atoms with Crippen molar-refractivity contribution in [2.45, 2.75) is 13.3 Å². The molecule has 0 aliphatic carbocycles. The molecule has 0 heterocycles. The van der Waals surface area contributed by atoms with Crippen molar-refractivity contribution in [1.29, 1.82) is 5.26 Å². The van der Waals surface area contributed by atoms with Gasteiger partial charge >= 0.3 is 11.7 Å². The molecular weight excluding hydrogens is 411 g/mol. The summed E-state index contributed by atoms with van der Waals surface area (Å²) in [5.74, 6) is -1.95. The lowest BCUT2D eigenvalue weighted by atomic mass is 10.1. The molecule has 0 saturated carbocycles. The van der Waals surface area contributed by atoms with Crippen molar-refractivity contribution in [3.8, 4) is 17.6 Å². The smallest absolute Gasteiger partial charge is 0.314 e. The molecule has 7 nitrogen and oxygen atoms in total. The Balaban J connectivity index is 2.41. The third-order valence-electron chi connectivity index (χ3n) is 3.25. The van der Waals surface area contributed by atoms with Gasteiger partial charge in [0.2, 0.25) is 5.75 Å². The number of nitrogens with zero attached hydrogens (tertiary/aromatic N) is 2. The number of benzene rings is 2. The van der Waals surface area contributed by atoms with Crippen LogP contribution in [0.4, 0.5) is 10.1 Å². The molecule has 0 saturated heterocycles. The van der Waals surface area contributed by atoms with E-state index in [1.165, 1.54) is 31.2 Å². The normalized spacial score (nSPS) is 10.1. The SMILES string of the molecule is CC(=O)OCCc1ccc([N+](=O)[O-])c(Oc2cc(Br)cc(C#N)c2)c1F. The second-order valence-electron chi connectivity index (χ2n) is 5.12. The second kappa shape index (κ2) is 8.40. The van der Waals surface area contributed by atoms with Crippen LogP contribution in [0.15, 0.2) is 34.8 Å². The van der Waals surface area contributed by atoms with Crippen LogP contribution >= 0.6 is 15.9 Å². The topological polar surface area (TPSA) is 102 Å². The van der Waals surface area contributed by atoms with E-state index < -0.39 is 28.1 Å². The van der Waals surface area contributed by atoms with E-state index >= 15 is 0 Å². The van der Waals surface area contributed by atoms with E-state index in [0.717, 1.165) is 6.07 Å². The lowest BCUT2D eigenvalue weighted by molar-refractivity contribution is -0.385. The Morgan fingerprint density at radius 1 is 1.38 bits per heavy atom. The predicted molar refractivity (Wildman–Crippen MR) is 92.3 cm³/mol. The van der Waals surface area contributed by atoms with Gasteiger partial charge in [0.05, 0.1) is 23.2 Å². The summed E-state index contributed by atoms with van der Waals surface area (Å²) in [6.07, 6.45) is 0.0295. The van der Waals surface area contributed by atoms with E-state index in [0.29, 0.717) is 4.47 Å². The molecule has 0 atom stereocenters. The van der Waals surface area contributed by atoms with Crippen LogP contribution in [0.5, 0.6) is 11.5 Å². The van der Waals surface area contributed by atoms with Crippen molar-refractivity contribution < 1.29 is 23.6 Å². The van der Waals surface area contributed by atoms with Gasteiger partial charge < -0.3 is 9.47 Å². The van der Waals surface area contributed by atoms with Crippen LogP contribution in [-0.4, -0.2) is 17.5 Å². The maximum atomic E-state index is 14.7. The number of carbonyl (C=O) groups is 1. The van der Waals surface area contributed by atoms with Crippen molar-refractivity contribution in [2.75, 3.05) is 6.61 Å². The molecule has 0 aliphatic rings. The fraction of sp³-hybridized carbons (Fsp3) is 0.176. The Kier molecular flexibility index (Phi) is 6.25. The highest BCUT2D eigenvalue weighted by Crippen LogP contribution is 2.37. The molecule has 26 heavy (non-hydrogen) atoms. The van der Waals surface area contributed by atoms with Gasteiger partial charge in [0, 0.05) is 23.9 Å². The Morgan fingerprint density at radius 2 is 2.12 bits per heavy atom. The third-order valence-corrected chi connectivity index (χ3v) is 3.71. The van der Waals surface area contributed by atoms with Crippen LogP contribution in [0.25, 0.3) is 0 Å². The second-order valence-corrected chi connectivity index (χ2v) is 6.04. The summed E-state index contributed by atoms with van der Waals surface area (Å²) < 4.78 is 25.4. The van der Waals surface area contributed by atoms with Crippen molar-refractivity contribution in [2.24, 2.45) is 0 Å². The van der Waals surface area contributed by atoms with Crippen molar-refractivity contribution in [1.82, 2.24) is 0 Å². The molecule has 0 aromatic heterocycles. The molecular formula is C17H12BrFN2O5. The van der Waals surface area contributed by atoms with Crippen LogP contribution in [0.3, 0.4) is 0 Å². The van der Waals surface area contributed by atoms with Crippen molar-refractivity contribution >= 4 is 27.6 Å². The lowest BCUT2D eigenvalue weighted by Gasteiger charge is -2.11. The monoisotopic (exact) mass is 422 g/mol. The zero-order valence-electron chi connectivity index (χ0n) is 13.5. The summed E-state index contributed by atoms with van der Waals surface area (Å²) >= 11 is 3.19. The van der Waals surface area contributed by atoms with Crippen LogP contribution in [0, 0.1) is 27.3 Å². The quantitative estimate of drug-likeness (QED) is 0.391. The maximum absolute atomic E-state index is 14.7. The molecule has 0 N–H and O–H groups in total. The van der Waals surface area contributed by atoms with Crippen molar-refractivity contribution in [3.63, 3.8) is 0 Å². The molecule has 0 fully saturated rings. The van der Waals surface area contributed by atoms with Gasteiger partial charge in [0.1, 0.15) is 5.75 Å². The highest BCUT2D eigenvalue weighted by Gasteiger charge is 2.24. The number of nitriles is 1. The maximum Gasteiger partial charge on any atom is 0.314 e. The minimum absolute atomic E-state index is 0.0295. The van der Waals surface area contributed by atoms with Gasteiger partial charge in [-0.05, 0) is 29.8 Å². The summed E-state index contributed by atoms with van der Waals surface area (Å²) in [4.78, 5) is 21.2. The molecule has 0 radical (unpaired) electrons. The Bertz CT molecular complexity index is 911. The Labute approximate surface area is 156 Å². The summed E-state index contributed by atoms with van der Waals surface area (Å²) in [7, 11) is 0. The molecule has 134 valence electrons. The number of nitro groups is 1. The molecule has 0 spiro atoms. The summed E-state index contributed by atoms with van der Waals surface area (Å²) in [6.45, 7) is 1.15. The Morgan fingerprint density at radius 3 is 2.73 bits per heavy atom. The molecule has 0 amide bonds. The molecule has 0 aliphatic heterocycles. The van der Waals surface area contributed by atoms with E-state index in [-0.39, 0.29) is 29.9 Å². The average molecular weight is 423 g/mol. The third kappa shape index (κ3) is 4.77. The predicted octanol–water partition coefficient (Wildman–Crippen LogP) is 4.27. The van der Waals surface area contributed by atoms with E-state index in [2.05, 4.69) is 15.9 Å². The van der Waals surface area contributed by atoms with Gasteiger partial charge in [-0.2, -0.15) is 5.26 Å². The first-order valence-electron chi connectivity index (χ1n) is 7.29. The number of esters is 1. The summed E-state index contributed by atoms with van der Waals surface area (Å²) in [5, 5.41) is 20.2. The zero-order chi connectivity index (χ0) is 19.3. The first-order valence-corrected chi connectivity index (χ1v) is 8.08. The summed E-state index contributed by atoms with van der Waals surface area (Å²) in [5.41, 5.74) is -0.219. The van der Waals surface area contributed by atoms with Gasteiger partial charge in [0.25, 0.3) is 0 Å². The van der Waals surface area contributed by atoms with Gasteiger partial charge in [0.15, 0.2) is 5.82 Å². The lowest BCUT2D eigenvalue weighted by Crippen LogP contribution is -2.06. The van der Waals surface area contributed by atoms with E-state index in [1.54, 1.807) is 0 Å². The fourth-order valence-electron chi connectivity index (χ4n) is 2.13. The number of hydrogen-bond donors (Lipinski definition) is 0. The molecule has 0 unspecified atom stereocenters. The molecule has 9 heteroatoms. The number of halogens is 2. The number of ether oxygens (including phenoxy) is 2. The highest BCUT2D eigenvalue weighted by atomic mass is 79.9. The van der Waals surface area contributed by atoms with Gasteiger partial charge in [-0.3, -0.25) is 14.9 Å². The number of nitro benzene ring substituents is 1. The van der Waals surface area contributed by atoms with Gasteiger partial charge in [-0.15, -0.1) is 0 Å². The van der Waals surface area contributed by atoms with Crippen molar-refractivity contribution in [3.05, 3.63) is 61.9 Å². The minimum atomic E-state index is -0.926. The molecule has 2 aromatic rings. The summed E-state index contributed by atoms with van der Waals surface area (Å²) in [6, 6.07) is 8.57. The molecule has 2 aromatic carbocycles. The molecule has 2 rings (SSSR count). The fourth-order valence-corrected chi connectivity index (χ4v) is 2.60. The van der Waals surface area contributed by atoms with E-state index in [4.69, 9.17) is 14.7 Å². The van der Waals surface area contributed by atoms with Crippen LogP contribution < -0.4 is 4.74 Å². The highest BCUT2D eigenvalue weighted by molar-refractivity contribution is 9.10. The average Bonchev–Trinajstić information content (AvgIpc) is 2.57. The first-order chi connectivity index (χ1) is 12.3. The van der Waals surface area contributed by atoms with Crippen LogP contribution in [-0.2, 0) is 16.0 Å². The van der Waals surface area contributed by atoms with Crippen LogP contribution in [0.2, 0.25) is 0 Å². The van der Waals surface area contributed by atoms with Gasteiger partial charge in [-0.25, -0.2) is 4.39 Å². The minimum Gasteiger partial charge on any atom is -0.466 e. The zero-order valence-corrected chi connectivity index (χ0v) is 15.1. The van der Waals surface area contributed by atoms with E-state index in [9.17, 15) is 19.3 Å². The number of hydrogen-bond acceptors (Lipinski definition) is 6. The first kappa shape index (κ1) is 19.3. The number of carbonyl (C=O) groups excluding carboxylic acids is 1. The van der Waals surface area contributed by atoms with Crippen LogP contribution in [0.1, 0.15) is 18.1 Å². The standard InChI is InChI=1S/C17H12BrFN2O5/c1-10(22)25-5-4-12-2-3-15(21(23)24)17(16(12)19)26-14-7-11(9-20)6-13(18)8-14/h2-3,6-8H,4-5H2,1H3. The molecule has 0 bridgehead atoms. The van der Waals surface area contributed by atoms with Gasteiger partial charge in [-0.1, -0.05) is 15.9 Å². The van der Waals surface area contributed by atoms with E-state index in [1.807, 2.05) is 6.07 Å². The Hall–Kier alpha value is -2.99.